The van der Waals surface area contributed by atoms with Crippen LogP contribution >= 0.6 is 0 Å². The second-order valence-corrected chi connectivity index (χ2v) is 6.71. The van der Waals surface area contributed by atoms with E-state index in [1.165, 1.54) is 6.07 Å². The minimum absolute atomic E-state index is 0.244. The quantitative estimate of drug-likeness (QED) is 0.371. The summed E-state index contributed by atoms with van der Waals surface area (Å²) >= 11 is 0. The van der Waals surface area contributed by atoms with Crippen molar-refractivity contribution in [2.24, 2.45) is 4.99 Å². The van der Waals surface area contributed by atoms with Gasteiger partial charge in [-0.3, -0.25) is 0 Å². The van der Waals surface area contributed by atoms with Crippen molar-refractivity contribution in [1.82, 2.24) is 0 Å². The summed E-state index contributed by atoms with van der Waals surface area (Å²) in [7, 11) is 0. The van der Waals surface area contributed by atoms with E-state index in [0.29, 0.717) is 16.7 Å². The van der Waals surface area contributed by atoms with Crippen LogP contribution in [0.25, 0.3) is 22.3 Å². The Labute approximate surface area is 166 Å². The molecule has 0 bridgehead atoms. The third-order valence-electron chi connectivity index (χ3n) is 4.70. The van der Waals surface area contributed by atoms with Gasteiger partial charge in [-0.25, -0.2) is 4.99 Å². The van der Waals surface area contributed by atoms with Gasteiger partial charge in [0.05, 0.1) is 16.6 Å². The molecular weight excluding hydrogens is 375 g/mol. The second-order valence-electron chi connectivity index (χ2n) is 6.71. The molecule has 1 heterocycles. The van der Waals surface area contributed by atoms with Crippen LogP contribution in [0.4, 0.5) is 18.9 Å². The molecule has 0 aliphatic carbocycles. The van der Waals surface area contributed by atoms with E-state index in [0.717, 1.165) is 35.1 Å². The number of rotatable bonds is 3. The Kier molecular flexibility index (Phi) is 4.97. The van der Waals surface area contributed by atoms with E-state index in [-0.39, 0.29) is 5.69 Å². The van der Waals surface area contributed by atoms with E-state index in [9.17, 15) is 13.2 Å². The molecule has 0 spiro atoms. The Bertz CT molecular complexity index is 1220. The van der Waals surface area contributed by atoms with Crippen molar-refractivity contribution < 1.29 is 17.6 Å². The molecule has 4 rings (SSSR count). The Morgan fingerprint density at radius 3 is 2.38 bits per heavy atom. The van der Waals surface area contributed by atoms with Crippen molar-refractivity contribution in [2.45, 2.75) is 19.5 Å². The molecule has 0 unspecified atom stereocenters. The zero-order valence-corrected chi connectivity index (χ0v) is 15.7. The van der Waals surface area contributed by atoms with Crippen molar-refractivity contribution in [3.05, 3.63) is 95.3 Å². The van der Waals surface area contributed by atoms with E-state index in [1.807, 2.05) is 55.5 Å². The van der Waals surface area contributed by atoms with Crippen molar-refractivity contribution >= 4 is 16.7 Å². The van der Waals surface area contributed by atoms with Gasteiger partial charge in [0.1, 0.15) is 11.3 Å². The van der Waals surface area contributed by atoms with Crippen LogP contribution < -0.4 is 5.36 Å². The molecule has 0 N–H and O–H groups in total. The highest BCUT2D eigenvalue weighted by Crippen LogP contribution is 2.31. The van der Waals surface area contributed by atoms with Gasteiger partial charge in [-0.15, -0.1) is 0 Å². The number of nitrogens with zero attached hydrogens (tertiary/aromatic N) is 1. The van der Waals surface area contributed by atoms with E-state index in [2.05, 4.69) is 4.99 Å². The van der Waals surface area contributed by atoms with E-state index in [1.54, 1.807) is 12.1 Å². The standard InChI is InChI=1S/C24H18F3NO/c1-2-16-11-12-22-20(13-16)21(15-23(29-22)17-7-4-3-5-8-17)28-19-10-6-9-18(14-19)24(25,26)27/h3-15H,2H2,1H3. The molecule has 0 aliphatic rings. The first-order valence-corrected chi connectivity index (χ1v) is 9.28. The van der Waals surface area contributed by atoms with Crippen LogP contribution in [0.15, 0.2) is 88.3 Å². The van der Waals surface area contributed by atoms with Gasteiger partial charge in [-0.2, -0.15) is 13.2 Å². The van der Waals surface area contributed by atoms with Gasteiger partial charge in [-0.05, 0) is 42.3 Å². The SMILES string of the molecule is CCc1ccc2oc(-c3ccccc3)cc(=Nc3cccc(C(F)(F)F)c3)c2c1. The van der Waals surface area contributed by atoms with Gasteiger partial charge in [0.15, 0.2) is 0 Å². The third-order valence-corrected chi connectivity index (χ3v) is 4.70. The number of hydrogen-bond donors (Lipinski definition) is 0. The summed E-state index contributed by atoms with van der Waals surface area (Å²) < 4.78 is 45.3. The fraction of sp³-hybridized carbons (Fsp3) is 0.125. The first-order valence-electron chi connectivity index (χ1n) is 9.28. The summed E-state index contributed by atoms with van der Waals surface area (Å²) in [6, 6.07) is 22.2. The number of alkyl halides is 3. The summed E-state index contributed by atoms with van der Waals surface area (Å²) in [5.74, 6) is 0.605. The van der Waals surface area contributed by atoms with Gasteiger partial charge in [0.2, 0.25) is 0 Å². The summed E-state index contributed by atoms with van der Waals surface area (Å²) in [6.07, 6.45) is -3.58. The summed E-state index contributed by atoms with van der Waals surface area (Å²) in [5, 5.41) is 1.33. The van der Waals surface area contributed by atoms with Crippen LogP contribution in [0.1, 0.15) is 18.1 Å². The number of aryl methyl sites for hydroxylation is 1. The highest BCUT2D eigenvalue weighted by molar-refractivity contribution is 5.79. The molecule has 2 nitrogen and oxygen atoms in total. The number of hydrogen-bond acceptors (Lipinski definition) is 2. The minimum Gasteiger partial charge on any atom is -0.456 e. The predicted octanol–water partition coefficient (Wildman–Crippen LogP) is 6.91. The largest absolute Gasteiger partial charge is 0.456 e. The van der Waals surface area contributed by atoms with Crippen LogP contribution in [0.5, 0.6) is 0 Å². The minimum atomic E-state index is -4.41. The summed E-state index contributed by atoms with van der Waals surface area (Å²) in [4.78, 5) is 4.54. The lowest BCUT2D eigenvalue weighted by atomic mass is 10.1. The lowest BCUT2D eigenvalue weighted by molar-refractivity contribution is -0.137. The highest BCUT2D eigenvalue weighted by Gasteiger charge is 2.30. The monoisotopic (exact) mass is 393 g/mol. The third kappa shape index (κ3) is 4.09. The molecule has 0 radical (unpaired) electrons. The van der Waals surface area contributed by atoms with Gasteiger partial charge < -0.3 is 4.42 Å². The maximum Gasteiger partial charge on any atom is 0.416 e. The van der Waals surface area contributed by atoms with Gasteiger partial charge in [-0.1, -0.05) is 49.4 Å². The lowest BCUT2D eigenvalue weighted by Gasteiger charge is -2.08. The molecule has 146 valence electrons. The molecule has 3 aromatic carbocycles. The highest BCUT2D eigenvalue weighted by atomic mass is 19.4. The first-order chi connectivity index (χ1) is 13.9. The van der Waals surface area contributed by atoms with Gasteiger partial charge in [0.25, 0.3) is 0 Å². The molecule has 4 aromatic rings. The van der Waals surface area contributed by atoms with Crippen molar-refractivity contribution in [1.29, 1.82) is 0 Å². The molecule has 1 aromatic heterocycles. The molecule has 0 aliphatic heterocycles. The first kappa shape index (κ1) is 19.0. The van der Waals surface area contributed by atoms with Crippen molar-refractivity contribution in [2.75, 3.05) is 0 Å². The van der Waals surface area contributed by atoms with Crippen molar-refractivity contribution in [3.8, 4) is 11.3 Å². The van der Waals surface area contributed by atoms with E-state index in [4.69, 9.17) is 4.42 Å². The van der Waals surface area contributed by atoms with Crippen LogP contribution in [0.2, 0.25) is 0 Å². The molecule has 5 heteroatoms. The van der Waals surface area contributed by atoms with Crippen LogP contribution in [-0.4, -0.2) is 0 Å². The Hall–Kier alpha value is -3.34. The molecule has 0 fully saturated rings. The molecule has 29 heavy (non-hydrogen) atoms. The van der Waals surface area contributed by atoms with Crippen molar-refractivity contribution in [3.63, 3.8) is 0 Å². The maximum atomic E-state index is 13.1. The molecule has 0 atom stereocenters. The van der Waals surface area contributed by atoms with Gasteiger partial charge >= 0.3 is 6.18 Å². The smallest absolute Gasteiger partial charge is 0.416 e. The number of benzene rings is 3. The number of fused-ring (bicyclic) bond motifs is 1. The normalized spacial score (nSPS) is 12.5. The van der Waals surface area contributed by atoms with Crippen LogP contribution in [0.3, 0.4) is 0 Å². The van der Waals surface area contributed by atoms with Crippen LogP contribution in [0, 0.1) is 0 Å². The maximum absolute atomic E-state index is 13.1. The molecular formula is C24H18F3NO. The Morgan fingerprint density at radius 2 is 1.66 bits per heavy atom. The average molecular weight is 393 g/mol. The zero-order chi connectivity index (χ0) is 20.4. The van der Waals surface area contributed by atoms with E-state index >= 15 is 0 Å². The van der Waals surface area contributed by atoms with Gasteiger partial charge in [0, 0.05) is 17.0 Å². The topological polar surface area (TPSA) is 25.5 Å². The molecule has 0 saturated carbocycles. The number of halogens is 3. The Balaban J connectivity index is 1.97. The fourth-order valence-electron chi connectivity index (χ4n) is 3.16. The molecule has 0 saturated heterocycles. The zero-order valence-electron chi connectivity index (χ0n) is 15.7. The lowest BCUT2D eigenvalue weighted by Crippen LogP contribution is -2.06. The Morgan fingerprint density at radius 1 is 0.862 bits per heavy atom. The average Bonchev–Trinajstić information content (AvgIpc) is 2.73. The summed E-state index contributed by atoms with van der Waals surface area (Å²) in [6.45, 7) is 2.04. The second kappa shape index (κ2) is 7.59. The molecule has 0 amide bonds. The van der Waals surface area contributed by atoms with E-state index < -0.39 is 11.7 Å². The predicted molar refractivity (Wildman–Crippen MR) is 108 cm³/mol. The van der Waals surface area contributed by atoms with Crippen LogP contribution in [-0.2, 0) is 12.6 Å². The fourth-order valence-corrected chi connectivity index (χ4v) is 3.16. The summed E-state index contributed by atoms with van der Waals surface area (Å²) in [5.41, 5.74) is 2.12.